The average Bonchev–Trinajstić information content (AvgIpc) is 3.43. The van der Waals surface area contributed by atoms with Crippen molar-refractivity contribution in [2.24, 2.45) is 35.0 Å². The summed E-state index contributed by atoms with van der Waals surface area (Å²) in [6.07, 6.45) is -11.1. The minimum absolute atomic E-state index is 0.0153. The zero-order chi connectivity index (χ0) is 22.8. The Morgan fingerprint density at radius 2 is 1.74 bits per heavy atom. The lowest BCUT2D eigenvalue weighted by Crippen LogP contribution is -2.61. The summed E-state index contributed by atoms with van der Waals surface area (Å²) in [6, 6.07) is 0. The van der Waals surface area contributed by atoms with Gasteiger partial charge >= 0.3 is 30.5 Å². The van der Waals surface area contributed by atoms with Crippen molar-refractivity contribution in [2.75, 3.05) is 6.61 Å². The molecule has 176 valence electrons. The molecule has 3 fully saturated rings. The van der Waals surface area contributed by atoms with Crippen LogP contribution in [0.25, 0.3) is 0 Å². The summed E-state index contributed by atoms with van der Waals surface area (Å²) >= 11 is 0. The first kappa shape index (κ1) is 22.8. The van der Waals surface area contributed by atoms with Gasteiger partial charge in [0.25, 0.3) is 0 Å². The van der Waals surface area contributed by atoms with Crippen LogP contribution in [0.2, 0.25) is 0 Å². The normalized spacial score (nSPS) is 38.8. The molecule has 0 aliphatic heterocycles. The van der Waals surface area contributed by atoms with E-state index in [-0.39, 0.29) is 18.3 Å². The van der Waals surface area contributed by atoms with Gasteiger partial charge in [-0.2, -0.15) is 26.3 Å². The molecule has 3 nitrogen and oxygen atoms in total. The molecule has 7 unspecified atom stereocenters. The molecule has 11 heteroatoms. The van der Waals surface area contributed by atoms with Gasteiger partial charge in [0.2, 0.25) is 0 Å². The van der Waals surface area contributed by atoms with E-state index in [9.17, 15) is 39.9 Å². The molecule has 0 aromatic rings. The lowest BCUT2D eigenvalue weighted by molar-refractivity contribution is -0.408. The van der Waals surface area contributed by atoms with Gasteiger partial charge in [0, 0.05) is 5.92 Å². The predicted octanol–water partition coefficient (Wildman–Crippen LogP) is 5.65. The van der Waals surface area contributed by atoms with E-state index >= 15 is 0 Å². The third kappa shape index (κ3) is 3.45. The minimum atomic E-state index is -5.92. The van der Waals surface area contributed by atoms with Gasteiger partial charge in [-0.25, -0.2) is 8.78 Å². The van der Waals surface area contributed by atoms with Gasteiger partial charge in [0.15, 0.2) is 5.41 Å². The highest BCUT2D eigenvalue weighted by Crippen LogP contribution is 2.61. The maximum Gasteiger partial charge on any atom is 0.462 e. The molecule has 4 rings (SSSR count). The number of halogens is 8. The van der Waals surface area contributed by atoms with E-state index in [0.717, 1.165) is 25.3 Å². The van der Waals surface area contributed by atoms with Gasteiger partial charge in [-0.05, 0) is 55.8 Å². The lowest BCUT2D eigenvalue weighted by atomic mass is 9.75. The molecule has 31 heavy (non-hydrogen) atoms. The van der Waals surface area contributed by atoms with E-state index in [2.05, 4.69) is 9.47 Å². The van der Waals surface area contributed by atoms with Crippen molar-refractivity contribution in [3.05, 3.63) is 12.2 Å². The first-order valence-corrected chi connectivity index (χ1v) is 10.3. The maximum absolute atomic E-state index is 13.9. The Kier molecular flexibility index (Phi) is 5.38. The Morgan fingerprint density at radius 3 is 2.16 bits per heavy atom. The Hall–Kier alpha value is -1.39. The molecule has 0 aromatic heterocycles. The smallest absolute Gasteiger partial charge is 0.418 e. The minimum Gasteiger partial charge on any atom is -0.418 e. The number of carbonyl (C=O) groups is 1. The van der Waals surface area contributed by atoms with Crippen LogP contribution in [0.15, 0.2) is 12.2 Å². The van der Waals surface area contributed by atoms with Gasteiger partial charge in [-0.3, -0.25) is 4.79 Å². The number of carbonyl (C=O) groups excluding carboxylic acids is 1. The Balaban J connectivity index is 1.61. The van der Waals surface area contributed by atoms with Crippen LogP contribution in [-0.2, 0) is 14.3 Å². The summed E-state index contributed by atoms with van der Waals surface area (Å²) in [7, 11) is 0. The second-order valence-electron chi connectivity index (χ2n) is 9.26. The first-order chi connectivity index (χ1) is 14.3. The predicted molar refractivity (Wildman–Crippen MR) is 89.6 cm³/mol. The fourth-order valence-electron chi connectivity index (χ4n) is 5.97. The van der Waals surface area contributed by atoms with Gasteiger partial charge in [0.1, 0.15) is 0 Å². The van der Waals surface area contributed by atoms with Crippen molar-refractivity contribution >= 4 is 5.97 Å². The van der Waals surface area contributed by atoms with Crippen LogP contribution in [0.5, 0.6) is 0 Å². The monoisotopic (exact) mass is 462 g/mol. The zero-order valence-corrected chi connectivity index (χ0v) is 16.3. The lowest BCUT2D eigenvalue weighted by Gasteiger charge is -2.40. The number of rotatable bonds is 6. The largest absolute Gasteiger partial charge is 0.462 e. The summed E-state index contributed by atoms with van der Waals surface area (Å²) < 4.78 is 119. The number of allylic oxidation sites excluding steroid dienone is 2. The number of hydrogen-bond acceptors (Lipinski definition) is 3. The van der Waals surface area contributed by atoms with Crippen LogP contribution in [0.3, 0.4) is 0 Å². The van der Waals surface area contributed by atoms with Gasteiger partial charge in [0.05, 0.1) is 6.61 Å². The highest BCUT2D eigenvalue weighted by atomic mass is 19.4. The number of esters is 1. The summed E-state index contributed by atoms with van der Waals surface area (Å²) in [5.74, 6) is -9.37. The highest BCUT2D eigenvalue weighted by molar-refractivity contribution is 5.80. The van der Waals surface area contributed by atoms with Crippen LogP contribution in [0.1, 0.15) is 38.5 Å². The van der Waals surface area contributed by atoms with E-state index < -0.39 is 66.7 Å². The highest BCUT2D eigenvalue weighted by Gasteiger charge is 2.74. The van der Waals surface area contributed by atoms with Crippen LogP contribution >= 0.6 is 0 Å². The van der Waals surface area contributed by atoms with Gasteiger partial charge in [-0.15, -0.1) is 0 Å². The summed E-state index contributed by atoms with van der Waals surface area (Å²) in [4.78, 5) is 12.6. The standard InChI is InChI=1S/C20H22F8O3/c21-15(22)18(20(26,27)28,30-9-13-6-10-1-3-12(13)5-10)31-16(29)17(19(23,24)25)8-11-2-4-14(17)7-11/h2,4,10-15H,1,3,5-9H2. The van der Waals surface area contributed by atoms with Crippen LogP contribution in [0, 0.1) is 35.0 Å². The summed E-state index contributed by atoms with van der Waals surface area (Å²) in [5.41, 5.74) is -3.30. The molecule has 0 spiro atoms. The first-order valence-electron chi connectivity index (χ1n) is 10.3. The molecule has 3 saturated carbocycles. The van der Waals surface area contributed by atoms with Crippen molar-refractivity contribution in [2.45, 2.75) is 63.1 Å². The second kappa shape index (κ2) is 7.31. The SMILES string of the molecule is O=C(OC(OCC1CC2CCC1C2)(C(F)F)C(F)(F)F)C1(C(F)(F)F)CC2C=CC1C2. The van der Waals surface area contributed by atoms with Crippen LogP contribution in [0.4, 0.5) is 35.1 Å². The van der Waals surface area contributed by atoms with Crippen molar-refractivity contribution in [1.29, 1.82) is 0 Å². The number of alkyl halides is 8. The molecule has 0 amide bonds. The summed E-state index contributed by atoms with van der Waals surface area (Å²) in [5, 5.41) is 0. The second-order valence-corrected chi connectivity index (χ2v) is 9.26. The third-order valence-electron chi connectivity index (χ3n) is 7.58. The Morgan fingerprint density at radius 1 is 1.03 bits per heavy atom. The molecule has 4 aliphatic carbocycles. The van der Waals surface area contributed by atoms with E-state index in [1.165, 1.54) is 6.08 Å². The number of ether oxygens (including phenoxy) is 2. The quantitative estimate of drug-likeness (QED) is 0.222. The van der Waals surface area contributed by atoms with Crippen LogP contribution < -0.4 is 0 Å². The maximum atomic E-state index is 13.9. The number of hydrogen-bond donors (Lipinski definition) is 0. The molecular formula is C20H22F8O3. The van der Waals surface area contributed by atoms with Crippen molar-refractivity contribution in [3.8, 4) is 0 Å². The fourth-order valence-corrected chi connectivity index (χ4v) is 5.97. The zero-order valence-electron chi connectivity index (χ0n) is 16.3. The molecule has 0 aromatic carbocycles. The summed E-state index contributed by atoms with van der Waals surface area (Å²) in [6.45, 7) is -0.761. The molecule has 0 heterocycles. The Bertz CT molecular complexity index is 748. The van der Waals surface area contributed by atoms with Crippen molar-refractivity contribution in [3.63, 3.8) is 0 Å². The van der Waals surface area contributed by atoms with Crippen LogP contribution in [-0.4, -0.2) is 37.1 Å². The molecule has 4 bridgehead atoms. The van der Waals surface area contributed by atoms with Crippen molar-refractivity contribution < 1.29 is 49.4 Å². The van der Waals surface area contributed by atoms with E-state index in [1.807, 2.05) is 0 Å². The van der Waals surface area contributed by atoms with E-state index in [0.29, 0.717) is 6.42 Å². The van der Waals surface area contributed by atoms with E-state index in [4.69, 9.17) is 0 Å². The molecule has 0 radical (unpaired) electrons. The molecule has 0 N–H and O–H groups in total. The topological polar surface area (TPSA) is 35.5 Å². The average molecular weight is 462 g/mol. The number of fused-ring (bicyclic) bond motifs is 4. The van der Waals surface area contributed by atoms with Gasteiger partial charge < -0.3 is 9.47 Å². The van der Waals surface area contributed by atoms with Crippen molar-refractivity contribution in [1.82, 2.24) is 0 Å². The Labute approximate surface area is 173 Å². The van der Waals surface area contributed by atoms with E-state index in [1.54, 1.807) is 0 Å². The third-order valence-corrected chi connectivity index (χ3v) is 7.58. The molecule has 0 saturated heterocycles. The van der Waals surface area contributed by atoms with Gasteiger partial charge in [-0.1, -0.05) is 18.6 Å². The molecular weight excluding hydrogens is 440 g/mol. The molecule has 7 atom stereocenters. The fraction of sp³-hybridized carbons (Fsp3) is 0.850. The molecule has 4 aliphatic rings.